The van der Waals surface area contributed by atoms with Gasteiger partial charge in [-0.2, -0.15) is 0 Å². The Morgan fingerprint density at radius 1 is 1.06 bits per heavy atom. The van der Waals surface area contributed by atoms with Crippen LogP contribution in [0.15, 0.2) is 70.2 Å². The van der Waals surface area contributed by atoms with Crippen LogP contribution in [0.4, 0.5) is 5.69 Å². The van der Waals surface area contributed by atoms with Crippen molar-refractivity contribution in [3.8, 4) is 5.75 Å². The number of thioether (sulfide) groups is 1. The van der Waals surface area contributed by atoms with Crippen molar-refractivity contribution in [2.75, 3.05) is 11.5 Å². The second-order valence-corrected chi connectivity index (χ2v) is 8.30. The van der Waals surface area contributed by atoms with Gasteiger partial charge in [0.05, 0.1) is 34.8 Å². The number of halogens is 1. The minimum absolute atomic E-state index is 0.362. The molecule has 2 heterocycles. The lowest BCUT2D eigenvalue weighted by atomic mass is 10.1. The van der Waals surface area contributed by atoms with E-state index in [0.717, 1.165) is 11.3 Å². The molecule has 5 nitrogen and oxygen atoms in total. The van der Waals surface area contributed by atoms with Crippen LogP contribution in [0.2, 0.25) is 5.02 Å². The number of amides is 2. The van der Waals surface area contributed by atoms with Crippen molar-refractivity contribution in [1.29, 1.82) is 0 Å². The molecule has 7 heteroatoms. The van der Waals surface area contributed by atoms with Crippen molar-refractivity contribution in [2.24, 2.45) is 0 Å². The Kier molecular flexibility index (Phi) is 6.20. The van der Waals surface area contributed by atoms with E-state index in [9.17, 15) is 9.59 Å². The number of hydrogen-bond acceptors (Lipinski definition) is 5. The number of aryl methyl sites for hydroxylation is 1. The summed E-state index contributed by atoms with van der Waals surface area (Å²) in [6.45, 7) is 4.32. The Morgan fingerprint density at radius 3 is 2.48 bits per heavy atom. The highest BCUT2D eigenvalue weighted by Crippen LogP contribution is 2.40. The average Bonchev–Trinajstić information content (AvgIpc) is 3.36. The number of anilines is 1. The highest BCUT2D eigenvalue weighted by atomic mass is 35.5. The molecule has 2 aromatic carbocycles. The Balaban J connectivity index is 1.73. The van der Waals surface area contributed by atoms with E-state index in [-0.39, 0.29) is 11.8 Å². The molecule has 1 aromatic heterocycles. The summed E-state index contributed by atoms with van der Waals surface area (Å²) in [5.41, 5.74) is 2.34. The van der Waals surface area contributed by atoms with Gasteiger partial charge < -0.3 is 9.15 Å². The first-order valence-corrected chi connectivity index (χ1v) is 11.1. The third-order valence-electron chi connectivity index (χ3n) is 4.85. The molecular weight excluding hydrogens is 434 g/mol. The fourth-order valence-electron chi connectivity index (χ4n) is 3.28. The molecule has 1 aliphatic rings. The Hall–Kier alpha value is -2.96. The molecule has 1 aliphatic heterocycles. The third kappa shape index (κ3) is 4.27. The van der Waals surface area contributed by atoms with E-state index < -0.39 is 0 Å². The molecule has 0 atom stereocenters. The second kappa shape index (κ2) is 9.04. The third-order valence-corrected chi connectivity index (χ3v) is 6.35. The lowest BCUT2D eigenvalue weighted by molar-refractivity contribution is -0.119. The Bertz CT molecular complexity index is 1150. The summed E-state index contributed by atoms with van der Waals surface area (Å²) in [6, 6.07) is 16.0. The molecule has 31 heavy (non-hydrogen) atoms. The van der Waals surface area contributed by atoms with Crippen LogP contribution in [0.5, 0.6) is 5.75 Å². The quantitative estimate of drug-likeness (QED) is 0.419. The largest absolute Gasteiger partial charge is 0.494 e. The zero-order chi connectivity index (χ0) is 22.0. The molecule has 0 saturated carbocycles. The highest BCUT2D eigenvalue weighted by Gasteiger charge is 2.40. The van der Waals surface area contributed by atoms with E-state index in [1.54, 1.807) is 54.8 Å². The maximum absolute atomic E-state index is 13.4. The predicted octanol–water partition coefficient (Wildman–Crippen LogP) is 5.86. The normalized spacial score (nSPS) is 14.0. The minimum Gasteiger partial charge on any atom is -0.494 e. The Morgan fingerprint density at radius 2 is 1.84 bits per heavy atom. The van der Waals surface area contributed by atoms with E-state index in [2.05, 4.69) is 0 Å². The first-order valence-electron chi connectivity index (χ1n) is 9.77. The summed E-state index contributed by atoms with van der Waals surface area (Å²) in [7, 11) is 0. The molecule has 2 amide bonds. The molecule has 158 valence electrons. The van der Waals surface area contributed by atoms with Gasteiger partial charge in [0.2, 0.25) is 0 Å². The van der Waals surface area contributed by atoms with Crippen LogP contribution in [-0.2, 0) is 15.3 Å². The van der Waals surface area contributed by atoms with Gasteiger partial charge in [0, 0.05) is 5.02 Å². The van der Waals surface area contributed by atoms with Crippen LogP contribution in [0.25, 0.3) is 5.57 Å². The highest BCUT2D eigenvalue weighted by molar-refractivity contribution is 8.03. The van der Waals surface area contributed by atoms with E-state index in [1.807, 2.05) is 19.9 Å². The molecule has 0 spiro atoms. The van der Waals surface area contributed by atoms with Crippen molar-refractivity contribution >= 4 is 46.4 Å². The van der Waals surface area contributed by atoms with Crippen LogP contribution in [0.3, 0.4) is 0 Å². The van der Waals surface area contributed by atoms with E-state index in [1.165, 1.54) is 16.7 Å². The van der Waals surface area contributed by atoms with Crippen molar-refractivity contribution < 1.29 is 18.7 Å². The van der Waals surface area contributed by atoms with Gasteiger partial charge >= 0.3 is 0 Å². The van der Waals surface area contributed by atoms with Crippen LogP contribution < -0.4 is 9.64 Å². The van der Waals surface area contributed by atoms with Crippen molar-refractivity contribution in [3.63, 3.8) is 0 Å². The molecule has 0 fully saturated rings. The number of carbonyl (C=O) groups excluding carboxylic acids is 2. The number of benzene rings is 2. The van der Waals surface area contributed by atoms with Gasteiger partial charge in [0.1, 0.15) is 11.5 Å². The summed E-state index contributed by atoms with van der Waals surface area (Å²) in [5.74, 6) is 1.11. The second-order valence-electron chi connectivity index (χ2n) is 6.91. The molecule has 3 aromatic rings. The molecule has 0 aliphatic carbocycles. The summed E-state index contributed by atoms with van der Waals surface area (Å²) in [4.78, 5) is 28.3. The molecule has 0 unspecified atom stereocenters. The number of imide groups is 1. The first-order chi connectivity index (χ1) is 15.0. The van der Waals surface area contributed by atoms with Gasteiger partial charge in [0.25, 0.3) is 11.8 Å². The lowest BCUT2D eigenvalue weighted by Crippen LogP contribution is -2.31. The Labute approximate surface area is 189 Å². The topological polar surface area (TPSA) is 59.8 Å². The average molecular weight is 454 g/mol. The van der Waals surface area contributed by atoms with Gasteiger partial charge in [-0.05, 0) is 61.4 Å². The maximum Gasteiger partial charge on any atom is 0.272 e. The molecule has 4 rings (SSSR count). The first kappa shape index (κ1) is 21.3. The van der Waals surface area contributed by atoms with E-state index >= 15 is 0 Å². The van der Waals surface area contributed by atoms with Crippen LogP contribution in [0.1, 0.15) is 23.8 Å². The summed E-state index contributed by atoms with van der Waals surface area (Å²) in [6.07, 6.45) is 1.58. The summed E-state index contributed by atoms with van der Waals surface area (Å²) >= 11 is 7.55. The van der Waals surface area contributed by atoms with Gasteiger partial charge in [-0.3, -0.25) is 9.59 Å². The van der Waals surface area contributed by atoms with Crippen LogP contribution in [0, 0.1) is 6.92 Å². The monoisotopic (exact) mass is 453 g/mol. The predicted molar refractivity (Wildman–Crippen MR) is 123 cm³/mol. The number of furan rings is 1. The molecule has 0 bridgehead atoms. The standard InChI is InChI=1S/C24H20ClNO4S/c1-3-29-18-10-7-16(8-11-18)21-22(31-14-19-5-4-12-30-19)24(28)26(23(21)27)17-9-6-15(2)20(25)13-17/h4-13H,3,14H2,1-2H3. The van der Waals surface area contributed by atoms with Gasteiger partial charge in [0.15, 0.2) is 0 Å². The number of nitrogens with zero attached hydrogens (tertiary/aromatic N) is 1. The van der Waals surface area contributed by atoms with Crippen LogP contribution in [-0.4, -0.2) is 18.4 Å². The zero-order valence-corrected chi connectivity index (χ0v) is 18.6. The van der Waals surface area contributed by atoms with Gasteiger partial charge in [-0.25, -0.2) is 4.90 Å². The minimum atomic E-state index is -0.379. The summed E-state index contributed by atoms with van der Waals surface area (Å²) in [5, 5.41) is 0.498. The number of carbonyl (C=O) groups is 2. The number of rotatable bonds is 7. The zero-order valence-electron chi connectivity index (χ0n) is 17.1. The van der Waals surface area contributed by atoms with Gasteiger partial charge in [-0.1, -0.05) is 29.8 Å². The number of ether oxygens (including phenoxy) is 1. The van der Waals surface area contributed by atoms with Crippen LogP contribution >= 0.6 is 23.4 Å². The molecule has 0 saturated heterocycles. The SMILES string of the molecule is CCOc1ccc(C2=C(SCc3ccco3)C(=O)N(c3ccc(C)c(Cl)c3)C2=O)cc1. The van der Waals surface area contributed by atoms with E-state index in [4.69, 9.17) is 20.8 Å². The smallest absolute Gasteiger partial charge is 0.272 e. The van der Waals surface area contributed by atoms with E-state index in [0.29, 0.717) is 44.9 Å². The van der Waals surface area contributed by atoms with Gasteiger partial charge in [-0.15, -0.1) is 11.8 Å². The van der Waals surface area contributed by atoms with Crippen molar-refractivity contribution in [2.45, 2.75) is 19.6 Å². The number of hydrogen-bond donors (Lipinski definition) is 0. The molecular formula is C24H20ClNO4S. The lowest BCUT2D eigenvalue weighted by Gasteiger charge is -2.16. The van der Waals surface area contributed by atoms with Crippen molar-refractivity contribution in [1.82, 2.24) is 0 Å². The molecule has 0 N–H and O–H groups in total. The fourth-order valence-corrected chi connectivity index (χ4v) is 4.47. The molecule has 0 radical (unpaired) electrons. The summed E-state index contributed by atoms with van der Waals surface area (Å²) < 4.78 is 10.9. The fraction of sp³-hybridized carbons (Fsp3) is 0.167. The maximum atomic E-state index is 13.4. The van der Waals surface area contributed by atoms with Crippen molar-refractivity contribution in [3.05, 3.63) is 87.7 Å².